The summed E-state index contributed by atoms with van der Waals surface area (Å²) >= 11 is 0. The first-order valence-corrected chi connectivity index (χ1v) is 6.15. The van der Waals surface area contributed by atoms with E-state index in [1.54, 1.807) is 7.11 Å². The van der Waals surface area contributed by atoms with Crippen LogP contribution in [0.3, 0.4) is 0 Å². The molecule has 0 aromatic heterocycles. The van der Waals surface area contributed by atoms with E-state index in [0.717, 1.165) is 17.7 Å². The minimum atomic E-state index is -0.0801. The first kappa shape index (κ1) is 14.5. The highest BCUT2D eigenvalue weighted by atomic mass is 16.5. The van der Waals surface area contributed by atoms with Crippen molar-refractivity contribution in [1.29, 1.82) is 0 Å². The molecule has 0 atom stereocenters. The van der Waals surface area contributed by atoms with Crippen molar-refractivity contribution in [2.45, 2.75) is 20.3 Å². The smallest absolute Gasteiger partial charge is 0.246 e. The van der Waals surface area contributed by atoms with Crippen molar-refractivity contribution in [3.63, 3.8) is 0 Å². The van der Waals surface area contributed by atoms with Crippen molar-refractivity contribution in [3.05, 3.63) is 29.3 Å². The van der Waals surface area contributed by atoms with Crippen molar-refractivity contribution >= 4 is 5.91 Å². The molecule has 0 saturated carbocycles. The predicted octanol–water partition coefficient (Wildman–Crippen LogP) is 1.70. The number of hydrogen-bond donors (Lipinski definition) is 1. The quantitative estimate of drug-likeness (QED) is 0.802. The molecule has 1 rings (SSSR count). The van der Waals surface area contributed by atoms with E-state index in [1.807, 2.05) is 26.0 Å². The number of rotatable bonds is 7. The molecular formula is C14H21NO3. The third-order valence-electron chi connectivity index (χ3n) is 2.59. The molecule has 1 amide bonds. The fraction of sp³-hybridized carbons (Fsp3) is 0.500. The van der Waals surface area contributed by atoms with Crippen molar-refractivity contribution in [1.82, 2.24) is 5.32 Å². The average molecular weight is 251 g/mol. The summed E-state index contributed by atoms with van der Waals surface area (Å²) in [5, 5.41) is 2.82. The topological polar surface area (TPSA) is 47.6 Å². The van der Waals surface area contributed by atoms with Gasteiger partial charge < -0.3 is 14.8 Å². The molecule has 0 aliphatic heterocycles. The lowest BCUT2D eigenvalue weighted by atomic mass is 10.1. The molecule has 0 bridgehead atoms. The van der Waals surface area contributed by atoms with Crippen LogP contribution in [0.5, 0.6) is 5.75 Å². The first-order chi connectivity index (χ1) is 8.67. The molecule has 100 valence electrons. The molecule has 18 heavy (non-hydrogen) atoms. The van der Waals surface area contributed by atoms with Gasteiger partial charge in [0.05, 0.1) is 7.11 Å². The normalized spacial score (nSPS) is 10.2. The summed E-state index contributed by atoms with van der Waals surface area (Å²) in [5.41, 5.74) is 2.29. The molecule has 1 aromatic carbocycles. The molecule has 0 aliphatic rings. The lowest BCUT2D eigenvalue weighted by Crippen LogP contribution is -2.29. The van der Waals surface area contributed by atoms with Gasteiger partial charge in [-0.2, -0.15) is 0 Å². The molecule has 1 N–H and O–H groups in total. The van der Waals surface area contributed by atoms with Crippen LogP contribution in [-0.4, -0.2) is 32.8 Å². The molecule has 0 spiro atoms. The maximum Gasteiger partial charge on any atom is 0.246 e. The average Bonchev–Trinajstić information content (AvgIpc) is 2.36. The maximum atomic E-state index is 11.3. The Labute approximate surface area is 108 Å². The fourth-order valence-electron chi connectivity index (χ4n) is 1.69. The Morgan fingerprint density at radius 2 is 2.17 bits per heavy atom. The molecule has 0 heterocycles. The van der Waals surface area contributed by atoms with Gasteiger partial charge in [-0.3, -0.25) is 4.79 Å². The zero-order chi connectivity index (χ0) is 13.4. The zero-order valence-corrected chi connectivity index (χ0v) is 11.3. The van der Waals surface area contributed by atoms with Crippen LogP contribution in [0.4, 0.5) is 0 Å². The van der Waals surface area contributed by atoms with Gasteiger partial charge in [-0.1, -0.05) is 17.7 Å². The van der Waals surface area contributed by atoms with Gasteiger partial charge in [-0.25, -0.2) is 0 Å². The van der Waals surface area contributed by atoms with Crippen LogP contribution in [0.1, 0.15) is 18.1 Å². The Morgan fingerprint density at radius 1 is 1.39 bits per heavy atom. The van der Waals surface area contributed by atoms with E-state index in [4.69, 9.17) is 9.47 Å². The van der Waals surface area contributed by atoms with Crippen LogP contribution in [0.25, 0.3) is 0 Å². The van der Waals surface area contributed by atoms with E-state index in [2.05, 4.69) is 11.4 Å². The lowest BCUT2D eigenvalue weighted by Gasteiger charge is -2.10. The number of ether oxygens (including phenoxy) is 2. The number of carbonyl (C=O) groups excluding carboxylic acids is 1. The van der Waals surface area contributed by atoms with Gasteiger partial charge in [0.15, 0.2) is 0 Å². The summed E-state index contributed by atoms with van der Waals surface area (Å²) in [6, 6.07) is 6.04. The van der Waals surface area contributed by atoms with E-state index >= 15 is 0 Å². The maximum absolute atomic E-state index is 11.3. The van der Waals surface area contributed by atoms with Crippen LogP contribution >= 0.6 is 0 Å². The number of carbonyl (C=O) groups is 1. The van der Waals surface area contributed by atoms with Crippen LogP contribution in [0.2, 0.25) is 0 Å². The van der Waals surface area contributed by atoms with Gasteiger partial charge in [-0.05, 0) is 31.9 Å². The number of aryl methyl sites for hydroxylation is 1. The van der Waals surface area contributed by atoms with Gasteiger partial charge in [0.25, 0.3) is 0 Å². The van der Waals surface area contributed by atoms with E-state index in [-0.39, 0.29) is 12.5 Å². The Kier molecular flexibility index (Phi) is 6.22. The van der Waals surface area contributed by atoms with E-state index < -0.39 is 0 Å². The number of methoxy groups -OCH3 is 1. The summed E-state index contributed by atoms with van der Waals surface area (Å²) in [5.74, 6) is 0.781. The summed E-state index contributed by atoms with van der Waals surface area (Å²) < 4.78 is 10.3. The summed E-state index contributed by atoms with van der Waals surface area (Å²) in [7, 11) is 1.65. The molecule has 0 unspecified atom stereocenters. The van der Waals surface area contributed by atoms with Crippen molar-refractivity contribution < 1.29 is 14.3 Å². The Bertz CT molecular complexity index is 391. The minimum absolute atomic E-state index is 0.0801. The molecule has 4 heteroatoms. The second-order valence-electron chi connectivity index (χ2n) is 4.05. The van der Waals surface area contributed by atoms with Gasteiger partial charge in [0, 0.05) is 13.2 Å². The van der Waals surface area contributed by atoms with Crippen LogP contribution in [0.15, 0.2) is 18.2 Å². The SMILES string of the molecule is CCOCC(=O)NCCc1cc(C)ccc1OC. The Morgan fingerprint density at radius 3 is 2.83 bits per heavy atom. The van der Waals surface area contributed by atoms with Gasteiger partial charge in [0.1, 0.15) is 12.4 Å². The van der Waals surface area contributed by atoms with E-state index in [9.17, 15) is 4.79 Å². The third-order valence-corrected chi connectivity index (χ3v) is 2.59. The highest BCUT2D eigenvalue weighted by Gasteiger charge is 2.04. The number of amides is 1. The first-order valence-electron chi connectivity index (χ1n) is 6.15. The third kappa shape index (κ3) is 4.75. The fourth-order valence-corrected chi connectivity index (χ4v) is 1.69. The number of benzene rings is 1. The van der Waals surface area contributed by atoms with Crippen molar-refractivity contribution in [2.75, 3.05) is 26.9 Å². The number of nitrogens with one attached hydrogen (secondary N) is 1. The molecule has 0 radical (unpaired) electrons. The van der Waals surface area contributed by atoms with Crippen molar-refractivity contribution in [3.8, 4) is 5.75 Å². The molecule has 0 fully saturated rings. The number of hydrogen-bond acceptors (Lipinski definition) is 3. The second-order valence-corrected chi connectivity index (χ2v) is 4.05. The predicted molar refractivity (Wildman–Crippen MR) is 70.9 cm³/mol. The molecule has 4 nitrogen and oxygen atoms in total. The van der Waals surface area contributed by atoms with Crippen molar-refractivity contribution in [2.24, 2.45) is 0 Å². The highest BCUT2D eigenvalue weighted by Crippen LogP contribution is 2.19. The van der Waals surface area contributed by atoms with Crippen LogP contribution in [0, 0.1) is 6.92 Å². The summed E-state index contributed by atoms with van der Waals surface area (Å²) in [6.07, 6.45) is 0.753. The summed E-state index contributed by atoms with van der Waals surface area (Å²) in [4.78, 5) is 11.3. The van der Waals surface area contributed by atoms with E-state index in [0.29, 0.717) is 13.2 Å². The highest BCUT2D eigenvalue weighted by molar-refractivity contribution is 5.77. The van der Waals surface area contributed by atoms with Gasteiger partial charge in [0.2, 0.25) is 5.91 Å². The van der Waals surface area contributed by atoms with Crippen LogP contribution < -0.4 is 10.1 Å². The molecule has 0 aliphatic carbocycles. The molecule has 1 aromatic rings. The zero-order valence-electron chi connectivity index (χ0n) is 11.3. The monoisotopic (exact) mass is 251 g/mol. The van der Waals surface area contributed by atoms with Crippen LogP contribution in [-0.2, 0) is 16.0 Å². The Hall–Kier alpha value is -1.55. The lowest BCUT2D eigenvalue weighted by molar-refractivity contribution is -0.125. The minimum Gasteiger partial charge on any atom is -0.496 e. The van der Waals surface area contributed by atoms with Gasteiger partial charge in [-0.15, -0.1) is 0 Å². The van der Waals surface area contributed by atoms with E-state index in [1.165, 1.54) is 5.56 Å². The standard InChI is InChI=1S/C14H21NO3/c1-4-18-10-14(16)15-8-7-12-9-11(2)5-6-13(12)17-3/h5-6,9H,4,7-8,10H2,1-3H3,(H,15,16). The Balaban J connectivity index is 2.43. The molecule has 0 saturated heterocycles. The second kappa shape index (κ2) is 7.71. The van der Waals surface area contributed by atoms with Gasteiger partial charge >= 0.3 is 0 Å². The molecular weight excluding hydrogens is 230 g/mol. The summed E-state index contributed by atoms with van der Waals surface area (Å²) in [6.45, 7) is 5.17. The largest absolute Gasteiger partial charge is 0.496 e.